The zero-order valence-corrected chi connectivity index (χ0v) is 16.1. The van der Waals surface area contributed by atoms with Gasteiger partial charge in [0.25, 0.3) is 0 Å². The molecule has 0 spiro atoms. The maximum atomic E-state index is 12.7. The summed E-state index contributed by atoms with van der Waals surface area (Å²) in [6, 6.07) is 13.5. The van der Waals surface area contributed by atoms with Crippen molar-refractivity contribution in [3.8, 4) is 11.5 Å². The lowest BCUT2D eigenvalue weighted by atomic mass is 10.2. The molecule has 0 bridgehead atoms. The van der Waals surface area contributed by atoms with E-state index in [0.717, 1.165) is 12.0 Å². The quantitative estimate of drug-likeness (QED) is 0.723. The molecule has 4 rings (SSSR count). The molecular formula is C21H21NO5S. The van der Waals surface area contributed by atoms with Crippen LogP contribution in [0, 0.1) is 0 Å². The predicted octanol–water partition coefficient (Wildman–Crippen LogP) is 2.89. The number of benzene rings is 2. The maximum Gasteiger partial charge on any atom is 0.246 e. The number of hydrogen-bond donors (Lipinski definition) is 0. The SMILES string of the molecule is O=C(/C=C/c1ccc2c(c1)OCO2)N1CCCC1CS(=O)(=O)c1ccccc1. The molecule has 6 nitrogen and oxygen atoms in total. The van der Waals surface area contributed by atoms with Gasteiger partial charge in [0.05, 0.1) is 10.6 Å². The highest BCUT2D eigenvalue weighted by atomic mass is 32.2. The smallest absolute Gasteiger partial charge is 0.246 e. The molecule has 1 amide bonds. The average Bonchev–Trinajstić information content (AvgIpc) is 3.35. The molecule has 1 unspecified atom stereocenters. The summed E-state index contributed by atoms with van der Waals surface area (Å²) in [5, 5.41) is 0. The van der Waals surface area contributed by atoms with Crippen LogP contribution in [0.15, 0.2) is 59.5 Å². The highest BCUT2D eigenvalue weighted by molar-refractivity contribution is 7.91. The van der Waals surface area contributed by atoms with Gasteiger partial charge in [-0.2, -0.15) is 0 Å². The molecule has 2 aromatic rings. The molecule has 2 aromatic carbocycles. The second kappa shape index (κ2) is 7.67. The summed E-state index contributed by atoms with van der Waals surface area (Å²) in [6.45, 7) is 0.770. The van der Waals surface area contributed by atoms with Gasteiger partial charge in [-0.1, -0.05) is 24.3 Å². The number of hydrogen-bond acceptors (Lipinski definition) is 5. The number of nitrogens with zero attached hydrogens (tertiary/aromatic N) is 1. The second-order valence-corrected chi connectivity index (χ2v) is 8.90. The summed E-state index contributed by atoms with van der Waals surface area (Å²) in [7, 11) is -3.43. The Bertz CT molecular complexity index is 1000. The van der Waals surface area contributed by atoms with Crippen molar-refractivity contribution in [2.24, 2.45) is 0 Å². The van der Waals surface area contributed by atoms with E-state index in [1.807, 2.05) is 12.1 Å². The molecule has 0 aliphatic carbocycles. The fraction of sp³-hybridized carbons (Fsp3) is 0.286. The molecule has 1 saturated heterocycles. The van der Waals surface area contributed by atoms with Gasteiger partial charge in [0.1, 0.15) is 0 Å². The lowest BCUT2D eigenvalue weighted by Gasteiger charge is -2.23. The number of rotatable bonds is 5. The largest absolute Gasteiger partial charge is 0.454 e. The molecule has 2 aliphatic rings. The number of sulfone groups is 1. The molecular weight excluding hydrogens is 378 g/mol. The van der Waals surface area contributed by atoms with E-state index >= 15 is 0 Å². The van der Waals surface area contributed by atoms with Crippen LogP contribution in [0.1, 0.15) is 18.4 Å². The van der Waals surface area contributed by atoms with E-state index in [9.17, 15) is 13.2 Å². The standard InChI is InChI=1S/C21H21NO5S/c23-21(11-9-16-8-10-19-20(13-16)27-15-26-19)22-12-4-5-17(22)14-28(24,25)18-6-2-1-3-7-18/h1-3,6-11,13,17H,4-5,12,14-15H2/b11-9+. The molecule has 146 valence electrons. The number of carbonyl (C=O) groups is 1. The number of ether oxygens (including phenoxy) is 2. The van der Waals surface area contributed by atoms with Crippen LogP contribution >= 0.6 is 0 Å². The Balaban J connectivity index is 1.45. The minimum absolute atomic E-state index is 0.0549. The Hall–Kier alpha value is -2.80. The summed E-state index contributed by atoms with van der Waals surface area (Å²) in [5.41, 5.74) is 0.824. The van der Waals surface area contributed by atoms with Crippen LogP contribution in [0.4, 0.5) is 0 Å². The lowest BCUT2D eigenvalue weighted by Crippen LogP contribution is -2.38. The van der Waals surface area contributed by atoms with Gasteiger partial charge in [-0.25, -0.2) is 8.42 Å². The Morgan fingerprint density at radius 2 is 1.89 bits per heavy atom. The van der Waals surface area contributed by atoms with Crippen LogP contribution in [0.3, 0.4) is 0 Å². The molecule has 28 heavy (non-hydrogen) atoms. The van der Waals surface area contributed by atoms with E-state index in [2.05, 4.69) is 0 Å². The topological polar surface area (TPSA) is 72.9 Å². The molecule has 2 heterocycles. The molecule has 0 N–H and O–H groups in total. The predicted molar refractivity (Wildman–Crippen MR) is 105 cm³/mol. The molecule has 2 aliphatic heterocycles. The lowest BCUT2D eigenvalue weighted by molar-refractivity contribution is -0.126. The molecule has 1 fully saturated rings. The normalized spacial score (nSPS) is 18.7. The van der Waals surface area contributed by atoms with Crippen LogP contribution in [-0.4, -0.2) is 44.4 Å². The summed E-state index contributed by atoms with van der Waals surface area (Å²) >= 11 is 0. The number of likely N-dealkylation sites (tertiary alicyclic amines) is 1. The third kappa shape index (κ3) is 3.89. The minimum Gasteiger partial charge on any atom is -0.454 e. The van der Waals surface area contributed by atoms with Crippen molar-refractivity contribution >= 4 is 21.8 Å². The van der Waals surface area contributed by atoms with Gasteiger partial charge < -0.3 is 14.4 Å². The average molecular weight is 399 g/mol. The van der Waals surface area contributed by atoms with Gasteiger partial charge in [-0.3, -0.25) is 4.79 Å². The van der Waals surface area contributed by atoms with Crippen molar-refractivity contribution in [3.63, 3.8) is 0 Å². The zero-order chi connectivity index (χ0) is 19.6. The van der Waals surface area contributed by atoms with Crippen molar-refractivity contribution in [1.82, 2.24) is 4.90 Å². The van der Waals surface area contributed by atoms with Gasteiger partial charge >= 0.3 is 0 Å². The Morgan fingerprint density at radius 1 is 1.11 bits per heavy atom. The fourth-order valence-electron chi connectivity index (χ4n) is 3.56. The Labute approximate surface area is 164 Å². The maximum absolute atomic E-state index is 12.7. The van der Waals surface area contributed by atoms with Crippen molar-refractivity contribution < 1.29 is 22.7 Å². The van der Waals surface area contributed by atoms with E-state index in [-0.39, 0.29) is 24.5 Å². The van der Waals surface area contributed by atoms with Gasteiger partial charge in [-0.05, 0) is 48.7 Å². The zero-order valence-electron chi connectivity index (χ0n) is 15.3. The van der Waals surface area contributed by atoms with Gasteiger partial charge in [0.15, 0.2) is 21.3 Å². The monoisotopic (exact) mass is 399 g/mol. The first-order valence-electron chi connectivity index (χ1n) is 9.19. The molecule has 1 atom stereocenters. The Kier molecular flexibility index (Phi) is 5.09. The summed E-state index contributed by atoms with van der Waals surface area (Å²) in [5.74, 6) is 1.11. The van der Waals surface area contributed by atoms with E-state index in [4.69, 9.17) is 9.47 Å². The third-order valence-corrected chi connectivity index (χ3v) is 6.80. The van der Waals surface area contributed by atoms with Crippen LogP contribution in [0.2, 0.25) is 0 Å². The van der Waals surface area contributed by atoms with Crippen molar-refractivity contribution in [1.29, 1.82) is 0 Å². The van der Waals surface area contributed by atoms with Crippen molar-refractivity contribution in [2.75, 3.05) is 19.1 Å². The van der Waals surface area contributed by atoms with E-state index in [0.29, 0.717) is 29.4 Å². The van der Waals surface area contributed by atoms with Crippen molar-refractivity contribution in [3.05, 3.63) is 60.2 Å². The van der Waals surface area contributed by atoms with Crippen LogP contribution in [-0.2, 0) is 14.6 Å². The summed E-state index contributed by atoms with van der Waals surface area (Å²) in [6.07, 6.45) is 4.70. The van der Waals surface area contributed by atoms with E-state index in [1.165, 1.54) is 6.08 Å². The highest BCUT2D eigenvalue weighted by Crippen LogP contribution is 2.33. The molecule has 0 radical (unpaired) electrons. The first-order valence-corrected chi connectivity index (χ1v) is 10.8. The first-order chi connectivity index (χ1) is 13.5. The molecule has 0 saturated carbocycles. The van der Waals surface area contributed by atoms with Gasteiger partial charge in [0.2, 0.25) is 12.7 Å². The minimum atomic E-state index is -3.43. The highest BCUT2D eigenvalue weighted by Gasteiger charge is 2.32. The van der Waals surface area contributed by atoms with Crippen LogP contribution < -0.4 is 9.47 Å². The molecule has 7 heteroatoms. The van der Waals surface area contributed by atoms with Gasteiger partial charge in [0, 0.05) is 18.7 Å². The summed E-state index contributed by atoms with van der Waals surface area (Å²) < 4.78 is 35.9. The molecule has 0 aromatic heterocycles. The third-order valence-electron chi connectivity index (χ3n) is 4.99. The van der Waals surface area contributed by atoms with Gasteiger partial charge in [-0.15, -0.1) is 0 Å². The summed E-state index contributed by atoms with van der Waals surface area (Å²) in [4.78, 5) is 14.6. The first kappa shape index (κ1) is 18.6. The van der Waals surface area contributed by atoms with Crippen molar-refractivity contribution in [2.45, 2.75) is 23.8 Å². The number of carbonyl (C=O) groups excluding carboxylic acids is 1. The van der Waals surface area contributed by atoms with E-state index < -0.39 is 9.84 Å². The van der Waals surface area contributed by atoms with E-state index in [1.54, 1.807) is 47.4 Å². The van der Waals surface area contributed by atoms with Crippen LogP contribution in [0.5, 0.6) is 11.5 Å². The number of fused-ring (bicyclic) bond motifs is 1. The van der Waals surface area contributed by atoms with Crippen LogP contribution in [0.25, 0.3) is 6.08 Å². The Morgan fingerprint density at radius 3 is 2.71 bits per heavy atom. The second-order valence-electron chi connectivity index (χ2n) is 6.87. The number of amides is 1. The fourth-order valence-corrected chi connectivity index (χ4v) is 5.17.